The van der Waals surface area contributed by atoms with Crippen molar-refractivity contribution in [1.29, 1.82) is 0 Å². The fourth-order valence-electron chi connectivity index (χ4n) is 13.1. The number of amides is 4. The Morgan fingerprint density at radius 1 is 0.975 bits per heavy atom. The van der Waals surface area contributed by atoms with Crippen molar-refractivity contribution >= 4 is 56.7 Å². The normalized spacial score (nSPS) is 22.9. The summed E-state index contributed by atoms with van der Waals surface area (Å²) in [6.07, 6.45) is 14.1. The van der Waals surface area contributed by atoms with E-state index in [-0.39, 0.29) is 108 Å². The van der Waals surface area contributed by atoms with Gasteiger partial charge in [0.25, 0.3) is 0 Å². The lowest BCUT2D eigenvalue weighted by molar-refractivity contribution is -0.135. The van der Waals surface area contributed by atoms with Crippen LogP contribution in [0.1, 0.15) is 120 Å². The van der Waals surface area contributed by atoms with Crippen molar-refractivity contribution in [1.82, 2.24) is 44.5 Å². The molecule has 0 radical (unpaired) electrons. The number of nitrogens with one attached hydrogen (secondary N) is 2. The summed E-state index contributed by atoms with van der Waals surface area (Å²) in [5.74, 6) is 0.289. The number of nitrogens with zero attached hydrogens (tertiary/aromatic N) is 7. The second-order valence-electron chi connectivity index (χ2n) is 22.8. The smallest absolute Gasteiger partial charge is 0.410 e. The number of fused-ring (bicyclic) bond motifs is 6. The SMILES string of the molecule is C#Cc1c(F)ccc2cc(OCOC)cc(-c3ncc4c(C5CC6CCC(C5)N6C(=O)OC(C)(C)C)nc(OC[C@@]56CCCN5[C@H](COC(=O)NCCCc5ccc7c(c5)n(C)c(=O)n7C5CCC(=O)NC5=O)CC6)nc4c3F)c12. The topological polar surface area (TPSA) is 211 Å². The first-order chi connectivity index (χ1) is 38.4. The molecule has 8 heterocycles. The van der Waals surface area contributed by atoms with Crippen molar-refractivity contribution in [3.63, 3.8) is 0 Å². The Labute approximate surface area is 460 Å². The predicted molar refractivity (Wildman–Crippen MR) is 291 cm³/mol. The predicted octanol–water partition coefficient (Wildman–Crippen LogP) is 8.10. The van der Waals surface area contributed by atoms with Gasteiger partial charge >= 0.3 is 23.9 Å². The quantitative estimate of drug-likeness (QED) is 0.0431. The molecule has 19 nitrogen and oxygen atoms in total. The van der Waals surface area contributed by atoms with Crippen molar-refractivity contribution in [3.05, 3.63) is 87.6 Å². The van der Waals surface area contributed by atoms with Crippen molar-refractivity contribution in [2.24, 2.45) is 7.05 Å². The van der Waals surface area contributed by atoms with Gasteiger partial charge in [0.1, 0.15) is 47.6 Å². The highest BCUT2D eigenvalue weighted by molar-refractivity contribution is 6.03. The number of ether oxygens (including phenoxy) is 5. The zero-order valence-corrected chi connectivity index (χ0v) is 45.6. The summed E-state index contributed by atoms with van der Waals surface area (Å²) in [5, 5.41) is 6.38. The largest absolute Gasteiger partial charge is 0.468 e. The number of carbonyl (C=O) groups is 4. The van der Waals surface area contributed by atoms with Crippen molar-refractivity contribution < 1.29 is 51.6 Å². The number of rotatable bonds is 15. The van der Waals surface area contributed by atoms with Crippen LogP contribution in [0.3, 0.4) is 0 Å². The number of alkyl carbamates (subject to hydrolysis) is 1. The molecule has 5 fully saturated rings. The third-order valence-corrected chi connectivity index (χ3v) is 16.7. The maximum absolute atomic E-state index is 17.7. The number of methoxy groups -OCH3 is 1. The van der Waals surface area contributed by atoms with Crippen LogP contribution in [0.5, 0.6) is 11.8 Å². The molecule has 5 aliphatic rings. The molecule has 21 heteroatoms. The number of imide groups is 1. The van der Waals surface area contributed by atoms with Gasteiger partial charge < -0.3 is 33.9 Å². The molecular formula is C59H65F2N9O10. The Kier molecular flexibility index (Phi) is 14.7. The van der Waals surface area contributed by atoms with E-state index in [2.05, 4.69) is 21.5 Å². The van der Waals surface area contributed by atoms with E-state index < -0.39 is 40.8 Å². The van der Waals surface area contributed by atoms with Gasteiger partial charge in [0, 0.05) is 73.7 Å². The molecule has 0 aliphatic carbocycles. The monoisotopic (exact) mass is 1100 g/mol. The number of benzene rings is 3. The third-order valence-electron chi connectivity index (χ3n) is 16.7. The van der Waals surface area contributed by atoms with E-state index in [1.165, 1.54) is 22.3 Å². The zero-order chi connectivity index (χ0) is 56.2. The third kappa shape index (κ3) is 10.3. The van der Waals surface area contributed by atoms with E-state index in [0.29, 0.717) is 65.5 Å². The van der Waals surface area contributed by atoms with E-state index in [4.69, 9.17) is 45.1 Å². The number of aryl methyl sites for hydroxylation is 2. The molecule has 2 bridgehead atoms. The molecule has 3 aromatic carbocycles. The first kappa shape index (κ1) is 54.3. The highest BCUT2D eigenvalue weighted by Gasteiger charge is 2.51. The summed E-state index contributed by atoms with van der Waals surface area (Å²) in [6, 6.07) is 10.6. The molecule has 0 saturated carbocycles. The summed E-state index contributed by atoms with van der Waals surface area (Å²) >= 11 is 0. The average Bonchev–Trinajstić information content (AvgIpc) is 4.15. The number of carbonyl (C=O) groups excluding carboxylic acids is 4. The molecule has 5 saturated heterocycles. The molecule has 3 unspecified atom stereocenters. The van der Waals surface area contributed by atoms with Crippen LogP contribution in [0.4, 0.5) is 18.4 Å². The van der Waals surface area contributed by atoms with Crippen molar-refractivity contribution in [3.8, 4) is 35.4 Å². The number of piperidine rings is 2. The summed E-state index contributed by atoms with van der Waals surface area (Å²) in [7, 11) is 3.13. The Hall–Kier alpha value is -7.70. The van der Waals surface area contributed by atoms with E-state index in [1.54, 1.807) is 31.4 Å². The standard InChI is InChI=1S/C59H65F2N9O10/c1-7-40-43(60)15-12-34-27-39(79-32-76-6)28-41(48(34)40)51-49(61)52-42(29-63-51)50(35-25-36-13-14-37(26-35)69(36)57(75)80-58(2,3)4)65-54(66-52)78-31-59-20-9-23-68(59)38(19-21-59)30-77-55(73)62-22-8-10-33-11-16-44-46(24-33)67(5)56(74)70(44)45-17-18-47(71)64-53(45)72/h1,11-12,15-16,24,27-29,35-38,45H,8-10,13-14,17-23,25-26,30-32H2,2-6H3,(H,62,73)(H,64,71,72)/t35?,36?,37?,38-,45?,59-/m0/s1. The number of pyridine rings is 1. The van der Waals surface area contributed by atoms with Crippen LogP contribution in [-0.4, -0.2) is 127 Å². The van der Waals surface area contributed by atoms with Gasteiger partial charge in [0.05, 0.1) is 27.8 Å². The molecule has 0 spiro atoms. The Bertz CT molecular complexity index is 3560. The van der Waals surface area contributed by atoms with Crippen molar-refractivity contribution in [2.45, 2.75) is 139 Å². The van der Waals surface area contributed by atoms with Crippen LogP contribution < -0.4 is 25.8 Å². The summed E-state index contributed by atoms with van der Waals surface area (Å²) in [6.45, 7) is 6.92. The fraction of sp³-hybridized carbons (Fsp3) is 0.492. The Morgan fingerprint density at radius 3 is 2.52 bits per heavy atom. The van der Waals surface area contributed by atoms with Crippen LogP contribution in [0.2, 0.25) is 0 Å². The maximum Gasteiger partial charge on any atom is 0.410 e. The Morgan fingerprint density at radius 2 is 1.77 bits per heavy atom. The van der Waals surface area contributed by atoms with Gasteiger partial charge in [0.15, 0.2) is 12.6 Å². The zero-order valence-electron chi connectivity index (χ0n) is 45.6. The van der Waals surface area contributed by atoms with Gasteiger partial charge in [-0.1, -0.05) is 18.1 Å². The molecule has 420 valence electrons. The van der Waals surface area contributed by atoms with Crippen LogP contribution in [0, 0.1) is 24.0 Å². The number of imidazole rings is 1. The van der Waals surface area contributed by atoms with Gasteiger partial charge in [-0.3, -0.25) is 33.9 Å². The summed E-state index contributed by atoms with van der Waals surface area (Å²) < 4.78 is 65.3. The van der Waals surface area contributed by atoms with Gasteiger partial charge in [-0.25, -0.2) is 23.2 Å². The van der Waals surface area contributed by atoms with E-state index in [0.717, 1.165) is 50.6 Å². The number of hydrogen-bond acceptors (Lipinski definition) is 14. The van der Waals surface area contributed by atoms with Crippen molar-refractivity contribution in [2.75, 3.05) is 40.2 Å². The summed E-state index contributed by atoms with van der Waals surface area (Å²) in [4.78, 5) is 83.0. The minimum atomic E-state index is -0.784. The fourth-order valence-corrected chi connectivity index (χ4v) is 13.1. The molecule has 5 atom stereocenters. The molecule has 5 aliphatic heterocycles. The number of terminal acetylenes is 1. The van der Waals surface area contributed by atoms with Crippen LogP contribution in [0.25, 0.3) is 44.0 Å². The minimum Gasteiger partial charge on any atom is -0.468 e. The number of aromatic nitrogens is 5. The van der Waals surface area contributed by atoms with Crippen LogP contribution >= 0.6 is 0 Å². The highest BCUT2D eigenvalue weighted by atomic mass is 19.1. The molecule has 3 aromatic heterocycles. The number of hydrogen-bond donors (Lipinski definition) is 2. The maximum atomic E-state index is 17.7. The van der Waals surface area contributed by atoms with Gasteiger partial charge in [-0.15, -0.1) is 6.42 Å². The lowest BCUT2D eigenvalue weighted by atomic mass is 9.86. The van der Waals surface area contributed by atoms with Crippen LogP contribution in [0.15, 0.2) is 53.5 Å². The number of halogens is 2. The molecule has 6 aromatic rings. The lowest BCUT2D eigenvalue weighted by Gasteiger charge is -2.39. The Balaban J connectivity index is 0.797. The van der Waals surface area contributed by atoms with E-state index in [1.807, 2.05) is 43.9 Å². The van der Waals surface area contributed by atoms with E-state index >= 15 is 8.78 Å². The molecule has 4 amide bonds. The molecule has 2 N–H and O–H groups in total. The van der Waals surface area contributed by atoms with Crippen LogP contribution in [-0.2, 0) is 37.3 Å². The van der Waals surface area contributed by atoms with Gasteiger partial charge in [-0.2, -0.15) is 9.97 Å². The molecule has 11 rings (SSSR count). The second kappa shape index (κ2) is 21.7. The first-order valence-electron chi connectivity index (χ1n) is 27.5. The first-order valence-corrected chi connectivity index (χ1v) is 27.5. The second-order valence-corrected chi connectivity index (χ2v) is 22.8. The van der Waals surface area contributed by atoms with Gasteiger partial charge in [-0.05, 0) is 139 Å². The lowest BCUT2D eigenvalue weighted by Crippen LogP contribution is -2.48. The van der Waals surface area contributed by atoms with E-state index in [9.17, 15) is 24.0 Å². The van der Waals surface area contributed by atoms with Gasteiger partial charge in [0.2, 0.25) is 11.8 Å². The molecular weight excluding hydrogens is 1030 g/mol. The average molecular weight is 1100 g/mol. The molecule has 80 heavy (non-hydrogen) atoms. The minimum absolute atomic E-state index is 0.0160. The highest BCUT2D eigenvalue weighted by Crippen LogP contribution is 2.47. The summed E-state index contributed by atoms with van der Waals surface area (Å²) in [5.41, 5.74) is 1.34.